The minimum absolute atomic E-state index is 0.0540. The van der Waals surface area contributed by atoms with E-state index in [1.165, 1.54) is 0 Å². The number of likely N-dealkylation sites (N-methyl/N-ethyl adjacent to an activating group) is 1. The fourth-order valence-electron chi connectivity index (χ4n) is 2.15. The number of carbonyl (C=O) groups excluding carboxylic acids is 1. The first-order valence-corrected chi connectivity index (χ1v) is 7.41. The summed E-state index contributed by atoms with van der Waals surface area (Å²) < 4.78 is 5.33. The fourth-order valence-corrected chi connectivity index (χ4v) is 2.47. The molecule has 110 valence electrons. The molecule has 1 unspecified atom stereocenters. The number of amides is 1. The van der Waals surface area contributed by atoms with Gasteiger partial charge in [0.2, 0.25) is 5.91 Å². The first-order valence-electron chi connectivity index (χ1n) is 6.65. The van der Waals surface area contributed by atoms with Gasteiger partial charge in [0, 0.05) is 19.6 Å². The predicted octanol–water partition coefficient (Wildman–Crippen LogP) is 2.33. The van der Waals surface area contributed by atoms with E-state index in [1.54, 1.807) is 17.0 Å². The molecule has 0 aliphatic carbocycles. The molecule has 1 N–H and O–H groups in total. The second-order valence-corrected chi connectivity index (χ2v) is 5.50. The topological polar surface area (TPSA) is 41.6 Å². The lowest BCUT2D eigenvalue weighted by atomic mass is 10.2. The van der Waals surface area contributed by atoms with Crippen LogP contribution in [0.1, 0.15) is 12.5 Å². The van der Waals surface area contributed by atoms with Gasteiger partial charge in [0.05, 0.1) is 23.3 Å². The Morgan fingerprint density at radius 2 is 2.25 bits per heavy atom. The van der Waals surface area contributed by atoms with Gasteiger partial charge < -0.3 is 15.0 Å². The summed E-state index contributed by atoms with van der Waals surface area (Å²) in [6.45, 7) is 4.90. The van der Waals surface area contributed by atoms with Crippen molar-refractivity contribution in [3.63, 3.8) is 0 Å². The molecule has 1 saturated heterocycles. The maximum absolute atomic E-state index is 12.4. The highest BCUT2D eigenvalue weighted by Crippen LogP contribution is 2.23. The van der Waals surface area contributed by atoms with Gasteiger partial charge in [-0.25, -0.2) is 0 Å². The molecule has 1 heterocycles. The monoisotopic (exact) mass is 316 g/mol. The van der Waals surface area contributed by atoms with Crippen LogP contribution in [0.2, 0.25) is 10.0 Å². The van der Waals surface area contributed by atoms with Gasteiger partial charge >= 0.3 is 0 Å². The van der Waals surface area contributed by atoms with E-state index in [0.717, 1.165) is 5.56 Å². The van der Waals surface area contributed by atoms with E-state index < -0.39 is 0 Å². The Morgan fingerprint density at radius 1 is 1.45 bits per heavy atom. The van der Waals surface area contributed by atoms with Crippen LogP contribution in [0.15, 0.2) is 18.2 Å². The van der Waals surface area contributed by atoms with Crippen molar-refractivity contribution < 1.29 is 9.53 Å². The summed E-state index contributed by atoms with van der Waals surface area (Å²) in [7, 11) is 0. The van der Waals surface area contributed by atoms with Gasteiger partial charge in [-0.05, 0) is 24.6 Å². The molecule has 0 saturated carbocycles. The molecule has 1 aliphatic heterocycles. The van der Waals surface area contributed by atoms with Crippen molar-refractivity contribution in [3.05, 3.63) is 33.8 Å². The molecule has 20 heavy (non-hydrogen) atoms. The van der Waals surface area contributed by atoms with Crippen LogP contribution < -0.4 is 5.32 Å². The van der Waals surface area contributed by atoms with Crippen molar-refractivity contribution >= 4 is 29.1 Å². The van der Waals surface area contributed by atoms with Crippen LogP contribution in [-0.4, -0.2) is 43.2 Å². The number of carbonyl (C=O) groups is 1. The second kappa shape index (κ2) is 7.27. The molecule has 1 fully saturated rings. The van der Waals surface area contributed by atoms with E-state index in [2.05, 4.69) is 5.32 Å². The summed E-state index contributed by atoms with van der Waals surface area (Å²) in [5, 5.41) is 4.20. The van der Waals surface area contributed by atoms with E-state index in [1.807, 2.05) is 13.0 Å². The van der Waals surface area contributed by atoms with E-state index in [9.17, 15) is 4.79 Å². The highest BCUT2D eigenvalue weighted by molar-refractivity contribution is 6.42. The quantitative estimate of drug-likeness (QED) is 0.927. The smallest absolute Gasteiger partial charge is 0.242 e. The summed E-state index contributed by atoms with van der Waals surface area (Å²) in [5.74, 6) is 0.0540. The van der Waals surface area contributed by atoms with Crippen molar-refractivity contribution in [2.45, 2.75) is 19.5 Å². The van der Waals surface area contributed by atoms with Gasteiger partial charge in [-0.2, -0.15) is 0 Å². The first kappa shape index (κ1) is 15.6. The minimum Gasteiger partial charge on any atom is -0.378 e. The SMILES string of the molecule is CCN(Cc1ccc(Cl)c(Cl)c1)C(=O)C1COCCN1. The van der Waals surface area contributed by atoms with Gasteiger partial charge in [0.1, 0.15) is 6.04 Å². The third kappa shape index (κ3) is 3.85. The largest absolute Gasteiger partial charge is 0.378 e. The van der Waals surface area contributed by atoms with E-state index in [0.29, 0.717) is 42.9 Å². The van der Waals surface area contributed by atoms with Crippen LogP contribution in [0.3, 0.4) is 0 Å². The molecule has 0 aromatic heterocycles. The molecule has 1 aromatic rings. The Balaban J connectivity index is 2.03. The molecule has 0 radical (unpaired) electrons. The molecule has 1 aliphatic rings. The zero-order valence-corrected chi connectivity index (χ0v) is 12.9. The molecule has 2 rings (SSSR count). The number of benzene rings is 1. The summed E-state index contributed by atoms with van der Waals surface area (Å²) >= 11 is 11.9. The van der Waals surface area contributed by atoms with Crippen molar-refractivity contribution in [3.8, 4) is 0 Å². The standard InChI is InChI=1S/C14H18Cl2N2O2/c1-2-18(14(19)13-9-20-6-5-17-13)8-10-3-4-11(15)12(16)7-10/h3-4,7,13,17H,2,5-6,8-9H2,1H3. The fraction of sp³-hybridized carbons (Fsp3) is 0.500. The second-order valence-electron chi connectivity index (χ2n) is 4.68. The molecular formula is C14H18Cl2N2O2. The van der Waals surface area contributed by atoms with Crippen molar-refractivity contribution in [1.82, 2.24) is 10.2 Å². The molecule has 0 bridgehead atoms. The van der Waals surface area contributed by atoms with Crippen LogP contribution >= 0.6 is 23.2 Å². The molecular weight excluding hydrogens is 299 g/mol. The molecule has 0 spiro atoms. The summed E-state index contributed by atoms with van der Waals surface area (Å²) in [5.41, 5.74) is 0.964. The molecule has 1 amide bonds. The van der Waals surface area contributed by atoms with Crippen LogP contribution in [0.5, 0.6) is 0 Å². The van der Waals surface area contributed by atoms with Crippen LogP contribution in [-0.2, 0) is 16.1 Å². The van der Waals surface area contributed by atoms with Gasteiger partial charge in [-0.3, -0.25) is 4.79 Å². The Hall–Kier alpha value is -0.810. The lowest BCUT2D eigenvalue weighted by Crippen LogP contribution is -2.52. The highest BCUT2D eigenvalue weighted by Gasteiger charge is 2.25. The van der Waals surface area contributed by atoms with E-state index >= 15 is 0 Å². The van der Waals surface area contributed by atoms with Crippen LogP contribution in [0.25, 0.3) is 0 Å². The zero-order valence-electron chi connectivity index (χ0n) is 11.4. The van der Waals surface area contributed by atoms with Crippen molar-refractivity contribution in [1.29, 1.82) is 0 Å². The Kier molecular flexibility index (Phi) is 5.66. The summed E-state index contributed by atoms with van der Waals surface area (Å²) in [4.78, 5) is 14.2. The molecule has 4 nitrogen and oxygen atoms in total. The zero-order chi connectivity index (χ0) is 14.5. The third-order valence-corrected chi connectivity index (χ3v) is 4.01. The first-order chi connectivity index (χ1) is 9.61. The maximum Gasteiger partial charge on any atom is 0.242 e. The number of morpholine rings is 1. The molecule has 1 aromatic carbocycles. The van der Waals surface area contributed by atoms with Crippen LogP contribution in [0.4, 0.5) is 0 Å². The van der Waals surface area contributed by atoms with Gasteiger partial charge in [-0.1, -0.05) is 29.3 Å². The van der Waals surface area contributed by atoms with Gasteiger partial charge in [0.15, 0.2) is 0 Å². The molecule has 1 atom stereocenters. The number of nitrogens with zero attached hydrogens (tertiary/aromatic N) is 1. The maximum atomic E-state index is 12.4. The van der Waals surface area contributed by atoms with Crippen molar-refractivity contribution in [2.24, 2.45) is 0 Å². The number of ether oxygens (including phenoxy) is 1. The Bertz CT molecular complexity index is 476. The van der Waals surface area contributed by atoms with E-state index in [-0.39, 0.29) is 11.9 Å². The summed E-state index contributed by atoms with van der Waals surface area (Å²) in [6, 6.07) is 5.17. The highest BCUT2D eigenvalue weighted by atomic mass is 35.5. The Morgan fingerprint density at radius 3 is 2.85 bits per heavy atom. The van der Waals surface area contributed by atoms with E-state index in [4.69, 9.17) is 27.9 Å². The third-order valence-electron chi connectivity index (χ3n) is 3.27. The van der Waals surface area contributed by atoms with Gasteiger partial charge in [-0.15, -0.1) is 0 Å². The number of hydrogen-bond donors (Lipinski definition) is 1. The Labute approximate surface area is 129 Å². The van der Waals surface area contributed by atoms with Gasteiger partial charge in [0.25, 0.3) is 0 Å². The lowest BCUT2D eigenvalue weighted by Gasteiger charge is -2.29. The number of hydrogen-bond acceptors (Lipinski definition) is 3. The lowest BCUT2D eigenvalue weighted by molar-refractivity contribution is -0.136. The number of nitrogens with one attached hydrogen (secondary N) is 1. The average molecular weight is 317 g/mol. The predicted molar refractivity (Wildman–Crippen MR) is 80.2 cm³/mol. The van der Waals surface area contributed by atoms with Crippen molar-refractivity contribution in [2.75, 3.05) is 26.3 Å². The minimum atomic E-state index is -0.258. The normalized spacial score (nSPS) is 18.9. The number of rotatable bonds is 4. The number of halogens is 2. The van der Waals surface area contributed by atoms with Crippen LogP contribution in [0, 0.1) is 0 Å². The summed E-state index contributed by atoms with van der Waals surface area (Å²) in [6.07, 6.45) is 0. The average Bonchev–Trinajstić information content (AvgIpc) is 2.48. The molecule has 6 heteroatoms.